The van der Waals surface area contributed by atoms with Crippen molar-refractivity contribution in [3.8, 4) is 5.75 Å². The zero-order chi connectivity index (χ0) is 13.2. The lowest BCUT2D eigenvalue weighted by molar-refractivity contribution is -0.145. The molecule has 18 heavy (non-hydrogen) atoms. The van der Waals surface area contributed by atoms with E-state index in [1.165, 1.54) is 0 Å². The maximum Gasteiger partial charge on any atom is 0.306 e. The molecule has 0 atom stereocenters. The van der Waals surface area contributed by atoms with Crippen LogP contribution in [0, 0.1) is 5.92 Å². The summed E-state index contributed by atoms with van der Waals surface area (Å²) >= 11 is 0. The third-order valence-corrected chi connectivity index (χ3v) is 3.77. The highest BCUT2D eigenvalue weighted by Gasteiger charge is 2.37. The van der Waals surface area contributed by atoms with Gasteiger partial charge in [-0.25, -0.2) is 0 Å². The fourth-order valence-corrected chi connectivity index (χ4v) is 2.54. The molecule has 98 valence electrons. The van der Waals surface area contributed by atoms with Gasteiger partial charge in [0.2, 0.25) is 0 Å². The van der Waals surface area contributed by atoms with Crippen LogP contribution in [0.25, 0.3) is 0 Å². The minimum atomic E-state index is -0.916. The van der Waals surface area contributed by atoms with Gasteiger partial charge in [-0.2, -0.15) is 0 Å². The van der Waals surface area contributed by atoms with Crippen molar-refractivity contribution in [3.05, 3.63) is 29.8 Å². The summed E-state index contributed by atoms with van der Waals surface area (Å²) in [6, 6.07) is 7.36. The molecule has 4 heteroatoms. The molecule has 2 rings (SSSR count). The Hall–Kier alpha value is -1.55. The monoisotopic (exact) mass is 250 g/mol. The molecule has 0 heterocycles. The predicted octanol–water partition coefficient (Wildman–Crippen LogP) is 2.16. The number of rotatable bonds is 3. The van der Waals surface area contributed by atoms with Gasteiger partial charge in [0.15, 0.2) is 0 Å². The highest BCUT2D eigenvalue weighted by Crippen LogP contribution is 2.40. The van der Waals surface area contributed by atoms with Gasteiger partial charge >= 0.3 is 5.97 Å². The van der Waals surface area contributed by atoms with Gasteiger partial charge in [0.05, 0.1) is 18.6 Å². The van der Waals surface area contributed by atoms with Crippen molar-refractivity contribution in [3.63, 3.8) is 0 Å². The molecule has 1 aliphatic rings. The Bertz CT molecular complexity index is 433. The van der Waals surface area contributed by atoms with E-state index in [4.69, 9.17) is 9.84 Å². The molecular weight excluding hydrogens is 232 g/mol. The maximum atomic E-state index is 10.9. The van der Waals surface area contributed by atoms with Crippen LogP contribution in [0.2, 0.25) is 0 Å². The van der Waals surface area contributed by atoms with Gasteiger partial charge in [-0.3, -0.25) is 4.79 Å². The molecule has 0 bridgehead atoms. The Kier molecular flexibility index (Phi) is 3.57. The lowest BCUT2D eigenvalue weighted by atomic mass is 9.75. The quantitative estimate of drug-likeness (QED) is 0.862. The molecule has 4 nitrogen and oxygen atoms in total. The van der Waals surface area contributed by atoms with Crippen molar-refractivity contribution in [1.82, 2.24) is 0 Å². The first-order valence-electron chi connectivity index (χ1n) is 6.15. The van der Waals surface area contributed by atoms with Gasteiger partial charge in [-0.15, -0.1) is 0 Å². The van der Waals surface area contributed by atoms with Gasteiger partial charge in [0, 0.05) is 0 Å². The average Bonchev–Trinajstić information content (AvgIpc) is 2.39. The molecule has 1 aliphatic carbocycles. The maximum absolute atomic E-state index is 10.9. The van der Waals surface area contributed by atoms with Gasteiger partial charge in [-0.1, -0.05) is 12.1 Å². The summed E-state index contributed by atoms with van der Waals surface area (Å²) in [5, 5.41) is 19.6. The highest BCUT2D eigenvalue weighted by atomic mass is 16.5. The molecule has 2 N–H and O–H groups in total. The average molecular weight is 250 g/mol. The summed E-state index contributed by atoms with van der Waals surface area (Å²) < 4.78 is 5.14. The van der Waals surface area contributed by atoms with Gasteiger partial charge in [-0.05, 0) is 43.4 Å². The Morgan fingerprint density at radius 2 is 2.06 bits per heavy atom. The molecule has 1 aromatic rings. The van der Waals surface area contributed by atoms with E-state index in [-0.39, 0.29) is 5.92 Å². The zero-order valence-corrected chi connectivity index (χ0v) is 10.4. The second kappa shape index (κ2) is 4.98. The fourth-order valence-electron chi connectivity index (χ4n) is 2.54. The number of carboxylic acid groups (broad SMARTS) is 1. The van der Waals surface area contributed by atoms with Gasteiger partial charge in [0.1, 0.15) is 5.75 Å². The van der Waals surface area contributed by atoms with E-state index >= 15 is 0 Å². The summed E-state index contributed by atoms with van der Waals surface area (Å²) in [6.45, 7) is 0. The van der Waals surface area contributed by atoms with Crippen LogP contribution in [0.3, 0.4) is 0 Å². The number of benzene rings is 1. The molecule has 1 fully saturated rings. The van der Waals surface area contributed by atoms with E-state index in [1.807, 2.05) is 24.3 Å². The van der Waals surface area contributed by atoms with Crippen LogP contribution in [0.4, 0.5) is 0 Å². The molecular formula is C14H18O4. The second-order valence-corrected chi connectivity index (χ2v) is 4.88. The van der Waals surface area contributed by atoms with Crippen LogP contribution in [0.5, 0.6) is 5.75 Å². The Morgan fingerprint density at radius 1 is 1.39 bits per heavy atom. The summed E-state index contributed by atoms with van der Waals surface area (Å²) in [5.74, 6) is -0.375. The largest absolute Gasteiger partial charge is 0.497 e. The molecule has 1 aromatic carbocycles. The zero-order valence-electron chi connectivity index (χ0n) is 10.4. The first-order valence-corrected chi connectivity index (χ1v) is 6.15. The van der Waals surface area contributed by atoms with E-state index in [1.54, 1.807) is 7.11 Å². The predicted molar refractivity (Wildman–Crippen MR) is 66.5 cm³/mol. The topological polar surface area (TPSA) is 66.8 Å². The number of aliphatic hydroxyl groups is 1. The number of aliphatic carboxylic acids is 1. The van der Waals surface area contributed by atoms with E-state index in [2.05, 4.69) is 0 Å². The van der Waals surface area contributed by atoms with E-state index in [0.717, 1.165) is 5.56 Å². The Balaban J connectivity index is 2.15. The van der Waals surface area contributed by atoms with Crippen LogP contribution in [0.15, 0.2) is 24.3 Å². The number of methoxy groups -OCH3 is 1. The SMILES string of the molecule is COc1cccc(C2(O)CCC(C(=O)O)CC2)c1. The standard InChI is InChI=1S/C14H18O4/c1-18-12-4-2-3-11(9-12)14(17)7-5-10(6-8-14)13(15)16/h2-4,9-10,17H,5-8H2,1H3,(H,15,16). The fraction of sp³-hybridized carbons (Fsp3) is 0.500. The first-order chi connectivity index (χ1) is 8.55. The van der Waals surface area contributed by atoms with E-state index in [0.29, 0.717) is 31.4 Å². The van der Waals surface area contributed by atoms with Crippen molar-refractivity contribution in [2.45, 2.75) is 31.3 Å². The van der Waals surface area contributed by atoms with Crippen molar-refractivity contribution in [2.24, 2.45) is 5.92 Å². The van der Waals surface area contributed by atoms with E-state index < -0.39 is 11.6 Å². The lowest BCUT2D eigenvalue weighted by Crippen LogP contribution is -2.33. The van der Waals surface area contributed by atoms with Crippen molar-refractivity contribution < 1.29 is 19.7 Å². The van der Waals surface area contributed by atoms with Crippen LogP contribution in [-0.2, 0) is 10.4 Å². The minimum absolute atomic E-state index is 0.323. The van der Waals surface area contributed by atoms with Crippen molar-refractivity contribution >= 4 is 5.97 Å². The van der Waals surface area contributed by atoms with Crippen molar-refractivity contribution in [2.75, 3.05) is 7.11 Å². The van der Waals surface area contributed by atoms with Crippen LogP contribution >= 0.6 is 0 Å². The summed E-state index contributed by atoms with van der Waals surface area (Å²) in [7, 11) is 1.59. The number of ether oxygens (including phenoxy) is 1. The molecule has 1 saturated carbocycles. The van der Waals surface area contributed by atoms with E-state index in [9.17, 15) is 9.90 Å². The number of hydrogen-bond donors (Lipinski definition) is 2. The van der Waals surface area contributed by atoms with Crippen LogP contribution < -0.4 is 4.74 Å². The molecule has 0 amide bonds. The molecule has 0 spiro atoms. The highest BCUT2D eigenvalue weighted by molar-refractivity contribution is 5.70. The first kappa shape index (κ1) is 12.9. The van der Waals surface area contributed by atoms with Crippen LogP contribution in [-0.4, -0.2) is 23.3 Å². The van der Waals surface area contributed by atoms with Gasteiger partial charge in [0.25, 0.3) is 0 Å². The Morgan fingerprint density at radius 3 is 2.61 bits per heavy atom. The lowest BCUT2D eigenvalue weighted by Gasteiger charge is -2.35. The summed E-state index contributed by atoms with van der Waals surface area (Å²) in [6.07, 6.45) is 2.00. The summed E-state index contributed by atoms with van der Waals surface area (Å²) in [5.41, 5.74) is -0.105. The molecule has 0 aliphatic heterocycles. The third kappa shape index (κ3) is 2.48. The van der Waals surface area contributed by atoms with Crippen molar-refractivity contribution in [1.29, 1.82) is 0 Å². The Labute approximate surface area is 106 Å². The minimum Gasteiger partial charge on any atom is -0.497 e. The molecule has 0 radical (unpaired) electrons. The number of hydrogen-bond acceptors (Lipinski definition) is 3. The third-order valence-electron chi connectivity index (χ3n) is 3.77. The normalized spacial score (nSPS) is 27.8. The summed E-state index contributed by atoms with van der Waals surface area (Å²) in [4.78, 5) is 10.9. The number of carboxylic acids is 1. The smallest absolute Gasteiger partial charge is 0.306 e. The molecule has 0 unspecified atom stereocenters. The van der Waals surface area contributed by atoms with Gasteiger partial charge < -0.3 is 14.9 Å². The molecule has 0 aromatic heterocycles. The molecule has 0 saturated heterocycles. The second-order valence-electron chi connectivity index (χ2n) is 4.88. The van der Waals surface area contributed by atoms with Crippen LogP contribution in [0.1, 0.15) is 31.2 Å². The number of carbonyl (C=O) groups is 1.